The summed E-state index contributed by atoms with van der Waals surface area (Å²) < 4.78 is 0. The van der Waals surface area contributed by atoms with E-state index in [-0.39, 0.29) is 17.2 Å². The highest BCUT2D eigenvalue weighted by Crippen LogP contribution is 2.26. The van der Waals surface area contributed by atoms with E-state index in [1.165, 1.54) is 30.7 Å². The van der Waals surface area contributed by atoms with Crippen molar-refractivity contribution in [3.8, 4) is 11.3 Å². The van der Waals surface area contributed by atoms with Gasteiger partial charge in [-0.2, -0.15) is 0 Å². The predicted molar refractivity (Wildman–Crippen MR) is 132 cm³/mol. The fourth-order valence-electron chi connectivity index (χ4n) is 3.26. The Balaban J connectivity index is 0.000000323. The normalized spacial score (nSPS) is 10.6. The number of hydrogen-bond donors (Lipinski definition) is 0. The standard InChI is InChI=1S/C19H15N3O3.C8H10/c1-3-4-13-5-7-14(8-6-13)19-18(12(2)23)20-16-10-9-15(22(24)25)11-17(16)21-19;1-2-8-6-4-3-5-7-8/h3-11H,1-2H3;3-7H,2H2,1H3/b4-3+;. The number of aryl methyl sites for hydroxylation is 1. The Labute approximate surface area is 192 Å². The first-order valence-electron chi connectivity index (χ1n) is 10.7. The van der Waals surface area contributed by atoms with Crippen LogP contribution >= 0.6 is 0 Å². The first kappa shape index (κ1) is 23.5. The van der Waals surface area contributed by atoms with E-state index in [0.717, 1.165) is 17.5 Å². The van der Waals surface area contributed by atoms with E-state index in [4.69, 9.17) is 0 Å². The number of Topliss-reactive ketones (excluding diaryl/α,β-unsaturated/α-hetero) is 1. The topological polar surface area (TPSA) is 86.0 Å². The third kappa shape index (κ3) is 5.95. The van der Waals surface area contributed by atoms with Crippen LogP contribution in [0.4, 0.5) is 5.69 Å². The van der Waals surface area contributed by atoms with Crippen LogP contribution in [0.5, 0.6) is 0 Å². The molecule has 166 valence electrons. The second-order valence-corrected chi connectivity index (χ2v) is 7.37. The second kappa shape index (κ2) is 10.9. The van der Waals surface area contributed by atoms with E-state index in [9.17, 15) is 14.9 Å². The average molecular weight is 440 g/mol. The van der Waals surface area contributed by atoms with Crippen LogP contribution in [-0.4, -0.2) is 20.7 Å². The zero-order valence-electron chi connectivity index (χ0n) is 18.9. The van der Waals surface area contributed by atoms with Crippen molar-refractivity contribution in [1.29, 1.82) is 0 Å². The van der Waals surface area contributed by atoms with Gasteiger partial charge in [-0.05, 0) is 30.5 Å². The van der Waals surface area contributed by atoms with Crippen LogP contribution in [0.1, 0.15) is 42.4 Å². The van der Waals surface area contributed by atoms with Gasteiger partial charge in [0.15, 0.2) is 5.78 Å². The lowest BCUT2D eigenvalue weighted by Gasteiger charge is -2.08. The number of hydrogen-bond acceptors (Lipinski definition) is 5. The summed E-state index contributed by atoms with van der Waals surface area (Å²) in [4.78, 5) is 31.3. The van der Waals surface area contributed by atoms with E-state index in [0.29, 0.717) is 16.7 Å². The molecule has 0 atom stereocenters. The van der Waals surface area contributed by atoms with Crippen LogP contribution in [-0.2, 0) is 6.42 Å². The summed E-state index contributed by atoms with van der Waals surface area (Å²) >= 11 is 0. The Morgan fingerprint density at radius 3 is 2.21 bits per heavy atom. The molecule has 0 amide bonds. The van der Waals surface area contributed by atoms with Gasteiger partial charge < -0.3 is 0 Å². The fraction of sp³-hybridized carbons (Fsp3) is 0.148. The minimum atomic E-state index is -0.481. The Hall–Kier alpha value is -4.19. The number of fused-ring (bicyclic) bond motifs is 1. The average Bonchev–Trinajstić information content (AvgIpc) is 2.84. The highest BCUT2D eigenvalue weighted by Gasteiger charge is 2.16. The zero-order chi connectivity index (χ0) is 23.8. The summed E-state index contributed by atoms with van der Waals surface area (Å²) in [5, 5.41) is 11.0. The number of benzene rings is 3. The first-order chi connectivity index (χ1) is 15.9. The molecule has 3 aromatic carbocycles. The van der Waals surface area contributed by atoms with Crippen molar-refractivity contribution in [2.45, 2.75) is 27.2 Å². The number of allylic oxidation sites excluding steroid dienone is 1. The number of non-ortho nitro benzene ring substituents is 1. The van der Waals surface area contributed by atoms with Crippen LogP contribution in [0.2, 0.25) is 0 Å². The molecule has 4 rings (SSSR count). The molecule has 0 saturated carbocycles. The van der Waals surface area contributed by atoms with E-state index in [2.05, 4.69) is 41.2 Å². The van der Waals surface area contributed by atoms with Crippen LogP contribution in [0.25, 0.3) is 28.4 Å². The second-order valence-electron chi connectivity index (χ2n) is 7.37. The number of nitro groups is 1. The minimum Gasteiger partial charge on any atom is -0.293 e. The minimum absolute atomic E-state index is 0.0632. The molecule has 0 aliphatic heterocycles. The largest absolute Gasteiger partial charge is 0.293 e. The molecule has 1 aromatic heterocycles. The molecule has 33 heavy (non-hydrogen) atoms. The smallest absolute Gasteiger partial charge is 0.271 e. The van der Waals surface area contributed by atoms with Gasteiger partial charge in [0, 0.05) is 24.6 Å². The molecule has 0 unspecified atom stereocenters. The summed E-state index contributed by atoms with van der Waals surface area (Å²) in [6, 6.07) is 22.2. The van der Waals surface area contributed by atoms with Crippen molar-refractivity contribution in [2.75, 3.05) is 0 Å². The third-order valence-corrected chi connectivity index (χ3v) is 4.99. The maximum Gasteiger partial charge on any atom is 0.271 e. The highest BCUT2D eigenvalue weighted by atomic mass is 16.6. The first-order valence-corrected chi connectivity index (χ1v) is 10.7. The Kier molecular flexibility index (Phi) is 7.76. The van der Waals surface area contributed by atoms with Crippen LogP contribution < -0.4 is 0 Å². The number of aromatic nitrogens is 2. The summed E-state index contributed by atoms with van der Waals surface area (Å²) in [5.74, 6) is -0.208. The lowest BCUT2D eigenvalue weighted by Crippen LogP contribution is -2.04. The Bertz CT molecular complexity index is 1300. The summed E-state index contributed by atoms with van der Waals surface area (Å²) in [6.07, 6.45) is 5.04. The van der Waals surface area contributed by atoms with Crippen LogP contribution in [0.3, 0.4) is 0 Å². The number of carbonyl (C=O) groups excluding carboxylic acids is 1. The third-order valence-electron chi connectivity index (χ3n) is 4.99. The molecule has 0 saturated heterocycles. The van der Waals surface area contributed by atoms with Gasteiger partial charge >= 0.3 is 0 Å². The maximum atomic E-state index is 12.0. The number of nitro benzene ring substituents is 1. The monoisotopic (exact) mass is 439 g/mol. The van der Waals surface area contributed by atoms with Gasteiger partial charge in [-0.25, -0.2) is 9.97 Å². The molecule has 0 aliphatic carbocycles. The number of carbonyl (C=O) groups is 1. The molecule has 4 aromatic rings. The Morgan fingerprint density at radius 2 is 1.67 bits per heavy atom. The van der Waals surface area contributed by atoms with E-state index in [1.807, 2.05) is 49.4 Å². The van der Waals surface area contributed by atoms with Crippen molar-refractivity contribution < 1.29 is 9.72 Å². The number of ketones is 1. The summed E-state index contributed by atoms with van der Waals surface area (Å²) in [7, 11) is 0. The molecule has 0 fully saturated rings. The molecule has 0 bridgehead atoms. The van der Waals surface area contributed by atoms with E-state index < -0.39 is 4.92 Å². The van der Waals surface area contributed by atoms with Gasteiger partial charge in [0.05, 0.1) is 16.0 Å². The van der Waals surface area contributed by atoms with Crippen molar-refractivity contribution in [1.82, 2.24) is 9.97 Å². The number of rotatable bonds is 5. The molecule has 6 nitrogen and oxygen atoms in total. The molecule has 0 radical (unpaired) electrons. The van der Waals surface area contributed by atoms with E-state index in [1.54, 1.807) is 0 Å². The number of nitrogens with zero attached hydrogens (tertiary/aromatic N) is 3. The quantitative estimate of drug-likeness (QED) is 0.196. The molecule has 0 aliphatic rings. The van der Waals surface area contributed by atoms with Crippen molar-refractivity contribution >= 4 is 28.6 Å². The SMILES string of the molecule is C/C=C/c1ccc(-c2nc3cc([N+](=O)[O-])ccc3nc2C(C)=O)cc1.CCc1ccccc1. The summed E-state index contributed by atoms with van der Waals surface area (Å²) in [5.41, 5.74) is 4.61. The summed E-state index contributed by atoms with van der Waals surface area (Å²) in [6.45, 7) is 5.53. The van der Waals surface area contributed by atoms with E-state index >= 15 is 0 Å². The van der Waals surface area contributed by atoms with Crippen molar-refractivity contribution in [3.05, 3.63) is 106 Å². The molecule has 1 heterocycles. The lowest BCUT2D eigenvalue weighted by molar-refractivity contribution is -0.384. The Morgan fingerprint density at radius 1 is 0.970 bits per heavy atom. The molecular weight excluding hydrogens is 414 g/mol. The molecular formula is C27H25N3O3. The molecule has 0 spiro atoms. The zero-order valence-corrected chi connectivity index (χ0v) is 18.9. The van der Waals surface area contributed by atoms with Gasteiger partial charge in [0.25, 0.3) is 5.69 Å². The molecule has 0 N–H and O–H groups in total. The molecule has 6 heteroatoms. The van der Waals surface area contributed by atoms with Crippen molar-refractivity contribution in [3.63, 3.8) is 0 Å². The van der Waals surface area contributed by atoms with Crippen LogP contribution in [0, 0.1) is 10.1 Å². The van der Waals surface area contributed by atoms with Crippen LogP contribution in [0.15, 0.2) is 78.9 Å². The van der Waals surface area contributed by atoms with Crippen molar-refractivity contribution in [2.24, 2.45) is 0 Å². The highest BCUT2D eigenvalue weighted by molar-refractivity contribution is 6.00. The van der Waals surface area contributed by atoms with Gasteiger partial charge in [-0.1, -0.05) is 73.7 Å². The fourth-order valence-corrected chi connectivity index (χ4v) is 3.26. The van der Waals surface area contributed by atoms with Gasteiger partial charge in [0.1, 0.15) is 11.4 Å². The predicted octanol–water partition coefficient (Wildman–Crippen LogP) is 6.69. The van der Waals surface area contributed by atoms with Gasteiger partial charge in [-0.3, -0.25) is 14.9 Å². The lowest BCUT2D eigenvalue weighted by atomic mass is 10.0. The van der Waals surface area contributed by atoms with Gasteiger partial charge in [-0.15, -0.1) is 0 Å². The maximum absolute atomic E-state index is 12.0. The van der Waals surface area contributed by atoms with Gasteiger partial charge in [0.2, 0.25) is 0 Å².